The van der Waals surface area contributed by atoms with Crippen molar-refractivity contribution in [3.05, 3.63) is 0 Å². The van der Waals surface area contributed by atoms with Gasteiger partial charge in [-0.3, -0.25) is 0 Å². The minimum atomic E-state index is 0.255. The zero-order valence-corrected chi connectivity index (χ0v) is 9.12. The lowest BCUT2D eigenvalue weighted by atomic mass is 9.93. The SMILES string of the molecule is NCCCC(N)CC(CN)CCCN. The lowest BCUT2D eigenvalue weighted by molar-refractivity contribution is 0.392. The van der Waals surface area contributed by atoms with Crippen molar-refractivity contribution < 1.29 is 0 Å². The van der Waals surface area contributed by atoms with Crippen LogP contribution in [-0.2, 0) is 0 Å². The molecular formula is C10H26N4. The third-order valence-electron chi connectivity index (χ3n) is 2.56. The van der Waals surface area contributed by atoms with E-state index in [0.717, 1.165) is 51.7 Å². The molecule has 14 heavy (non-hydrogen) atoms. The highest BCUT2D eigenvalue weighted by molar-refractivity contribution is 4.69. The summed E-state index contributed by atoms with van der Waals surface area (Å²) in [6, 6.07) is 0.255. The molecule has 86 valence electrons. The molecule has 0 bridgehead atoms. The maximum Gasteiger partial charge on any atom is 0.00424 e. The van der Waals surface area contributed by atoms with Gasteiger partial charge in [-0.1, -0.05) is 0 Å². The van der Waals surface area contributed by atoms with Crippen molar-refractivity contribution >= 4 is 0 Å². The molecule has 0 aliphatic carbocycles. The lowest BCUT2D eigenvalue weighted by Crippen LogP contribution is -2.28. The maximum absolute atomic E-state index is 5.97. The van der Waals surface area contributed by atoms with Crippen LogP contribution < -0.4 is 22.9 Å². The van der Waals surface area contributed by atoms with E-state index in [-0.39, 0.29) is 6.04 Å². The van der Waals surface area contributed by atoms with E-state index in [0.29, 0.717) is 5.92 Å². The second kappa shape index (κ2) is 9.40. The zero-order chi connectivity index (χ0) is 10.8. The monoisotopic (exact) mass is 202 g/mol. The van der Waals surface area contributed by atoms with Gasteiger partial charge in [0.25, 0.3) is 0 Å². The summed E-state index contributed by atoms with van der Waals surface area (Å²) in [6.07, 6.45) is 5.18. The van der Waals surface area contributed by atoms with Crippen LogP contribution in [0.4, 0.5) is 0 Å². The van der Waals surface area contributed by atoms with Gasteiger partial charge in [0.15, 0.2) is 0 Å². The molecule has 0 radical (unpaired) electrons. The molecule has 0 aromatic carbocycles. The van der Waals surface area contributed by atoms with Gasteiger partial charge < -0.3 is 22.9 Å². The average Bonchev–Trinajstić information content (AvgIpc) is 2.21. The highest BCUT2D eigenvalue weighted by Crippen LogP contribution is 2.13. The van der Waals surface area contributed by atoms with Crippen LogP contribution in [0.25, 0.3) is 0 Å². The van der Waals surface area contributed by atoms with Crippen molar-refractivity contribution in [2.45, 2.75) is 38.1 Å². The van der Waals surface area contributed by atoms with Gasteiger partial charge in [-0.15, -0.1) is 0 Å². The molecule has 0 saturated carbocycles. The van der Waals surface area contributed by atoms with Gasteiger partial charge in [-0.25, -0.2) is 0 Å². The van der Waals surface area contributed by atoms with Crippen molar-refractivity contribution in [1.29, 1.82) is 0 Å². The van der Waals surface area contributed by atoms with E-state index in [1.807, 2.05) is 0 Å². The summed E-state index contributed by atoms with van der Waals surface area (Å²) in [6.45, 7) is 2.19. The van der Waals surface area contributed by atoms with E-state index in [4.69, 9.17) is 22.9 Å². The zero-order valence-electron chi connectivity index (χ0n) is 9.12. The van der Waals surface area contributed by atoms with Crippen LogP contribution in [0.3, 0.4) is 0 Å². The number of hydrogen-bond acceptors (Lipinski definition) is 4. The molecule has 0 saturated heterocycles. The molecule has 0 rings (SSSR count). The minimum absolute atomic E-state index is 0.255. The molecule has 0 amide bonds. The van der Waals surface area contributed by atoms with Crippen LogP contribution in [0.15, 0.2) is 0 Å². The summed E-state index contributed by atoms with van der Waals surface area (Å²) in [7, 11) is 0. The molecule has 4 heteroatoms. The molecular weight excluding hydrogens is 176 g/mol. The van der Waals surface area contributed by atoms with Gasteiger partial charge in [0.1, 0.15) is 0 Å². The molecule has 0 fully saturated rings. The number of nitrogens with two attached hydrogens (primary N) is 4. The van der Waals surface area contributed by atoms with E-state index >= 15 is 0 Å². The van der Waals surface area contributed by atoms with E-state index in [9.17, 15) is 0 Å². The Morgan fingerprint density at radius 3 is 1.93 bits per heavy atom. The van der Waals surface area contributed by atoms with Crippen LogP contribution in [0.2, 0.25) is 0 Å². The number of hydrogen-bond donors (Lipinski definition) is 4. The first-order chi connectivity index (χ1) is 6.74. The summed E-state index contributed by atoms with van der Waals surface area (Å²) in [5.74, 6) is 0.534. The molecule has 0 aliphatic rings. The molecule has 0 spiro atoms. The fourth-order valence-electron chi connectivity index (χ4n) is 1.66. The Kier molecular flexibility index (Phi) is 9.29. The summed E-state index contributed by atoms with van der Waals surface area (Å²) in [4.78, 5) is 0. The van der Waals surface area contributed by atoms with Crippen molar-refractivity contribution in [1.82, 2.24) is 0 Å². The van der Waals surface area contributed by atoms with Crippen LogP contribution in [-0.4, -0.2) is 25.7 Å². The molecule has 2 atom stereocenters. The highest BCUT2D eigenvalue weighted by atomic mass is 14.6. The molecule has 0 heterocycles. The Labute approximate surface area is 87.4 Å². The first-order valence-corrected chi connectivity index (χ1v) is 5.60. The molecule has 2 unspecified atom stereocenters. The van der Waals surface area contributed by atoms with Crippen LogP contribution >= 0.6 is 0 Å². The Balaban J connectivity index is 3.57. The Morgan fingerprint density at radius 2 is 1.43 bits per heavy atom. The van der Waals surface area contributed by atoms with Gasteiger partial charge in [0.2, 0.25) is 0 Å². The normalized spacial score (nSPS) is 15.4. The topological polar surface area (TPSA) is 104 Å². The van der Waals surface area contributed by atoms with Gasteiger partial charge >= 0.3 is 0 Å². The molecule has 4 nitrogen and oxygen atoms in total. The third kappa shape index (κ3) is 7.26. The molecule has 8 N–H and O–H groups in total. The Hall–Kier alpha value is -0.160. The fraction of sp³-hybridized carbons (Fsp3) is 1.00. The highest BCUT2D eigenvalue weighted by Gasteiger charge is 2.11. The van der Waals surface area contributed by atoms with Crippen LogP contribution in [0.1, 0.15) is 32.1 Å². The lowest BCUT2D eigenvalue weighted by Gasteiger charge is -2.19. The molecule has 0 aromatic rings. The number of rotatable bonds is 9. The van der Waals surface area contributed by atoms with Gasteiger partial charge in [-0.05, 0) is 57.7 Å². The van der Waals surface area contributed by atoms with Crippen molar-refractivity contribution in [2.75, 3.05) is 19.6 Å². The predicted octanol–water partition coefficient (Wildman–Crippen LogP) is -0.243. The summed E-state index contributed by atoms with van der Waals surface area (Å²) >= 11 is 0. The second-order valence-corrected chi connectivity index (χ2v) is 3.96. The van der Waals surface area contributed by atoms with Gasteiger partial charge in [0.05, 0.1) is 0 Å². The molecule has 0 aromatic heterocycles. The maximum atomic E-state index is 5.97. The summed E-state index contributed by atoms with van der Waals surface area (Å²) in [5, 5.41) is 0. The summed E-state index contributed by atoms with van der Waals surface area (Å²) in [5.41, 5.74) is 22.5. The standard InChI is InChI=1S/C10H26N4/c11-5-1-3-9(8-13)7-10(14)4-2-6-12/h9-10H,1-8,11-14H2. The largest absolute Gasteiger partial charge is 0.330 e. The van der Waals surface area contributed by atoms with E-state index in [2.05, 4.69) is 0 Å². The van der Waals surface area contributed by atoms with Gasteiger partial charge in [-0.2, -0.15) is 0 Å². The smallest absolute Gasteiger partial charge is 0.00424 e. The molecule has 0 aliphatic heterocycles. The van der Waals surface area contributed by atoms with Crippen molar-refractivity contribution in [2.24, 2.45) is 28.9 Å². The third-order valence-corrected chi connectivity index (χ3v) is 2.56. The predicted molar refractivity (Wildman–Crippen MR) is 61.7 cm³/mol. The Morgan fingerprint density at radius 1 is 0.857 bits per heavy atom. The van der Waals surface area contributed by atoms with Crippen molar-refractivity contribution in [3.8, 4) is 0 Å². The van der Waals surface area contributed by atoms with Gasteiger partial charge in [0, 0.05) is 6.04 Å². The van der Waals surface area contributed by atoms with Crippen LogP contribution in [0, 0.1) is 5.92 Å². The second-order valence-electron chi connectivity index (χ2n) is 3.96. The first-order valence-electron chi connectivity index (χ1n) is 5.60. The van der Waals surface area contributed by atoms with E-state index in [1.165, 1.54) is 0 Å². The average molecular weight is 202 g/mol. The van der Waals surface area contributed by atoms with Crippen molar-refractivity contribution in [3.63, 3.8) is 0 Å². The van der Waals surface area contributed by atoms with E-state index in [1.54, 1.807) is 0 Å². The van der Waals surface area contributed by atoms with Crippen LogP contribution in [0.5, 0.6) is 0 Å². The fourth-order valence-corrected chi connectivity index (χ4v) is 1.66. The van der Waals surface area contributed by atoms with E-state index < -0.39 is 0 Å². The minimum Gasteiger partial charge on any atom is -0.330 e. The Bertz CT molecular complexity index is 119. The summed E-state index contributed by atoms with van der Waals surface area (Å²) < 4.78 is 0. The quantitative estimate of drug-likeness (QED) is 0.414. The first kappa shape index (κ1) is 13.8.